The van der Waals surface area contributed by atoms with E-state index in [-0.39, 0.29) is 0 Å². The second-order valence-electron chi connectivity index (χ2n) is 4.51. The highest BCUT2D eigenvalue weighted by Gasteiger charge is 2.14. The predicted molar refractivity (Wildman–Crippen MR) is 76.1 cm³/mol. The third-order valence-corrected chi connectivity index (χ3v) is 3.23. The van der Waals surface area contributed by atoms with Gasteiger partial charge in [0, 0.05) is 6.54 Å². The van der Waals surface area contributed by atoms with Crippen molar-refractivity contribution < 1.29 is 0 Å². The first-order valence-electron chi connectivity index (χ1n) is 6.38. The van der Waals surface area contributed by atoms with Crippen molar-refractivity contribution in [3.05, 3.63) is 65.7 Å². The molecule has 0 spiro atoms. The monoisotopic (exact) mass is 236 g/mol. The van der Waals surface area contributed by atoms with Crippen LogP contribution >= 0.6 is 0 Å². The Kier molecular flexibility index (Phi) is 3.09. The van der Waals surface area contributed by atoms with Crippen LogP contribution in [0.2, 0.25) is 0 Å². The van der Waals surface area contributed by atoms with E-state index in [9.17, 15) is 0 Å². The third-order valence-electron chi connectivity index (χ3n) is 3.23. The lowest BCUT2D eigenvalue weighted by molar-refractivity contribution is 0.717. The number of nitrogens with zero attached hydrogens (tertiary/aromatic N) is 2. The largest absolute Gasteiger partial charge is 0.265 e. The number of hydrogen-bond donors (Lipinski definition) is 0. The number of para-hydroxylation sites is 1. The Bertz CT molecular complexity index is 546. The van der Waals surface area contributed by atoms with E-state index in [4.69, 9.17) is 0 Å². The minimum absolute atomic E-state index is 1.00. The lowest BCUT2D eigenvalue weighted by atomic mass is 10.0. The number of aryl methyl sites for hydroxylation is 1. The van der Waals surface area contributed by atoms with Crippen molar-refractivity contribution >= 4 is 11.9 Å². The van der Waals surface area contributed by atoms with Gasteiger partial charge >= 0.3 is 0 Å². The maximum absolute atomic E-state index is 4.60. The normalized spacial score (nSPS) is 14.8. The van der Waals surface area contributed by atoms with E-state index in [1.165, 1.54) is 17.7 Å². The number of anilines is 1. The number of fused-ring (bicyclic) bond motifs is 1. The zero-order valence-corrected chi connectivity index (χ0v) is 10.3. The van der Waals surface area contributed by atoms with Crippen molar-refractivity contribution in [1.82, 2.24) is 0 Å². The van der Waals surface area contributed by atoms with Gasteiger partial charge in [0.2, 0.25) is 0 Å². The molecule has 1 aliphatic rings. The molecule has 0 radical (unpaired) electrons. The molecule has 0 aliphatic carbocycles. The molecule has 3 rings (SSSR count). The number of benzene rings is 2. The number of rotatable bonds is 2. The Morgan fingerprint density at radius 1 is 0.944 bits per heavy atom. The molecule has 0 fully saturated rings. The first-order valence-corrected chi connectivity index (χ1v) is 6.38. The Morgan fingerprint density at radius 3 is 2.61 bits per heavy atom. The zero-order valence-electron chi connectivity index (χ0n) is 10.3. The number of hydrogen-bond acceptors (Lipinski definition) is 2. The lowest BCUT2D eigenvalue weighted by Gasteiger charge is -2.26. The van der Waals surface area contributed by atoms with Crippen LogP contribution in [0.25, 0.3) is 0 Å². The lowest BCUT2D eigenvalue weighted by Crippen LogP contribution is -2.24. The van der Waals surface area contributed by atoms with Gasteiger partial charge in [-0.3, -0.25) is 5.01 Å². The molecule has 1 heterocycles. The van der Waals surface area contributed by atoms with Crippen LogP contribution < -0.4 is 5.01 Å². The fraction of sp³-hybridized carbons (Fsp3) is 0.188. The van der Waals surface area contributed by atoms with Crippen LogP contribution in [0.4, 0.5) is 5.69 Å². The van der Waals surface area contributed by atoms with E-state index in [0.29, 0.717) is 0 Å². The summed E-state index contributed by atoms with van der Waals surface area (Å²) in [5, 5.41) is 6.71. The Balaban J connectivity index is 1.85. The van der Waals surface area contributed by atoms with E-state index < -0.39 is 0 Å². The van der Waals surface area contributed by atoms with Crippen molar-refractivity contribution in [2.45, 2.75) is 12.8 Å². The molecular weight excluding hydrogens is 220 g/mol. The molecule has 0 atom stereocenters. The van der Waals surface area contributed by atoms with Gasteiger partial charge in [0.15, 0.2) is 0 Å². The maximum atomic E-state index is 4.60. The fourth-order valence-electron chi connectivity index (χ4n) is 2.31. The van der Waals surface area contributed by atoms with E-state index in [0.717, 1.165) is 18.5 Å². The molecule has 2 nitrogen and oxygen atoms in total. The molecule has 0 unspecified atom stereocenters. The SMILES string of the molecule is C(=N\N1CCCc2ccccc21)/c1ccccc1. The molecule has 1 aliphatic heterocycles. The highest BCUT2D eigenvalue weighted by Crippen LogP contribution is 2.26. The van der Waals surface area contributed by atoms with Gasteiger partial charge in [-0.15, -0.1) is 0 Å². The second-order valence-corrected chi connectivity index (χ2v) is 4.51. The molecule has 0 aromatic heterocycles. The summed E-state index contributed by atoms with van der Waals surface area (Å²) < 4.78 is 0. The minimum atomic E-state index is 1.00. The Morgan fingerprint density at radius 2 is 1.72 bits per heavy atom. The minimum Gasteiger partial charge on any atom is -0.265 e. The first-order chi connectivity index (χ1) is 8.93. The molecule has 0 N–H and O–H groups in total. The van der Waals surface area contributed by atoms with E-state index >= 15 is 0 Å². The first kappa shape index (κ1) is 11.0. The van der Waals surface area contributed by atoms with Crippen LogP contribution in [0, 0.1) is 0 Å². The van der Waals surface area contributed by atoms with Gasteiger partial charge < -0.3 is 0 Å². The quantitative estimate of drug-likeness (QED) is 0.729. The van der Waals surface area contributed by atoms with E-state index in [1.807, 2.05) is 24.4 Å². The molecule has 90 valence electrons. The summed E-state index contributed by atoms with van der Waals surface area (Å²) in [6.07, 6.45) is 4.26. The maximum Gasteiger partial charge on any atom is 0.0625 e. The smallest absolute Gasteiger partial charge is 0.0625 e. The summed E-state index contributed by atoms with van der Waals surface area (Å²) in [6.45, 7) is 1.00. The van der Waals surface area contributed by atoms with E-state index in [2.05, 4.69) is 46.5 Å². The second kappa shape index (κ2) is 5.05. The highest BCUT2D eigenvalue weighted by molar-refractivity contribution is 5.80. The third kappa shape index (κ3) is 2.28. The van der Waals surface area contributed by atoms with Crippen molar-refractivity contribution in [3.8, 4) is 0 Å². The van der Waals surface area contributed by atoms with Crippen LogP contribution in [0.1, 0.15) is 17.5 Å². The molecular formula is C16H16N2. The number of hydrazone groups is 1. The van der Waals surface area contributed by atoms with Crippen LogP contribution in [-0.4, -0.2) is 12.8 Å². The van der Waals surface area contributed by atoms with Gasteiger partial charge in [-0.25, -0.2) is 0 Å². The fourth-order valence-corrected chi connectivity index (χ4v) is 2.31. The van der Waals surface area contributed by atoms with Crippen LogP contribution in [0.15, 0.2) is 59.7 Å². The average molecular weight is 236 g/mol. The van der Waals surface area contributed by atoms with Crippen molar-refractivity contribution in [2.24, 2.45) is 5.10 Å². The van der Waals surface area contributed by atoms with Gasteiger partial charge in [0.1, 0.15) is 0 Å². The van der Waals surface area contributed by atoms with Crippen molar-refractivity contribution in [1.29, 1.82) is 0 Å². The Labute approximate surface area is 108 Å². The predicted octanol–water partition coefficient (Wildman–Crippen LogP) is 3.47. The average Bonchev–Trinajstić information content (AvgIpc) is 2.46. The van der Waals surface area contributed by atoms with E-state index in [1.54, 1.807) is 0 Å². The van der Waals surface area contributed by atoms with Crippen LogP contribution in [0.5, 0.6) is 0 Å². The van der Waals surface area contributed by atoms with Gasteiger partial charge in [-0.05, 0) is 30.0 Å². The molecule has 0 saturated carbocycles. The molecule has 2 aromatic carbocycles. The molecule has 18 heavy (non-hydrogen) atoms. The Hall–Kier alpha value is -2.09. The van der Waals surface area contributed by atoms with Crippen molar-refractivity contribution in [2.75, 3.05) is 11.6 Å². The molecule has 0 amide bonds. The summed E-state index contributed by atoms with van der Waals surface area (Å²) in [6, 6.07) is 18.7. The van der Waals surface area contributed by atoms with Gasteiger partial charge in [-0.2, -0.15) is 5.10 Å². The van der Waals surface area contributed by atoms with Crippen LogP contribution in [-0.2, 0) is 6.42 Å². The molecule has 0 bridgehead atoms. The summed E-state index contributed by atoms with van der Waals surface area (Å²) in [5.41, 5.74) is 3.78. The van der Waals surface area contributed by atoms with Gasteiger partial charge in [-0.1, -0.05) is 48.5 Å². The topological polar surface area (TPSA) is 15.6 Å². The van der Waals surface area contributed by atoms with Crippen LogP contribution in [0.3, 0.4) is 0 Å². The molecule has 2 heteroatoms. The zero-order chi connectivity index (χ0) is 12.2. The summed E-state index contributed by atoms with van der Waals surface area (Å²) in [7, 11) is 0. The van der Waals surface area contributed by atoms with Gasteiger partial charge in [0.25, 0.3) is 0 Å². The summed E-state index contributed by atoms with van der Waals surface area (Å²) in [5.74, 6) is 0. The molecule has 2 aromatic rings. The van der Waals surface area contributed by atoms with Gasteiger partial charge in [0.05, 0.1) is 11.9 Å². The van der Waals surface area contributed by atoms with Crippen molar-refractivity contribution in [3.63, 3.8) is 0 Å². The standard InChI is InChI=1S/C16H16N2/c1-2-7-14(8-3-1)13-17-18-12-6-10-15-9-4-5-11-16(15)18/h1-5,7-9,11,13H,6,10,12H2/b17-13+. The molecule has 0 saturated heterocycles. The summed E-state index contributed by atoms with van der Waals surface area (Å²) >= 11 is 0. The highest BCUT2D eigenvalue weighted by atomic mass is 15.5. The summed E-state index contributed by atoms with van der Waals surface area (Å²) in [4.78, 5) is 0.